The Morgan fingerprint density at radius 3 is 2.44 bits per heavy atom. The zero-order valence-electron chi connectivity index (χ0n) is 15.0. The smallest absolute Gasteiger partial charge is 0.291 e. The van der Waals surface area contributed by atoms with Crippen LogP contribution in [0.1, 0.15) is 25.0 Å². The molecule has 1 unspecified atom stereocenters. The molecule has 2 aromatic carbocycles. The lowest BCUT2D eigenvalue weighted by Crippen LogP contribution is -2.48. The molecular weight excluding hydrogens is 382 g/mol. The van der Waals surface area contributed by atoms with Crippen LogP contribution in [0.15, 0.2) is 54.6 Å². The molecule has 6 nitrogen and oxygen atoms in total. The summed E-state index contributed by atoms with van der Waals surface area (Å²) in [7, 11) is 0. The minimum Gasteiger partial charge on any atom is -0.291 e. The number of nitro groups is 1. The van der Waals surface area contributed by atoms with Gasteiger partial charge in [-0.2, -0.15) is 0 Å². The Bertz CT molecular complexity index is 883. The first-order valence-corrected chi connectivity index (χ1v) is 9.60. The fourth-order valence-corrected chi connectivity index (χ4v) is 4.99. The summed E-state index contributed by atoms with van der Waals surface area (Å²) in [5, 5.41) is 21.6. The van der Waals surface area contributed by atoms with E-state index in [1.165, 1.54) is 12.1 Å². The zero-order chi connectivity index (χ0) is 19.6. The Labute approximate surface area is 167 Å². The van der Waals surface area contributed by atoms with E-state index in [2.05, 4.69) is 0 Å². The zero-order valence-corrected chi connectivity index (χ0v) is 16.6. The number of non-ortho nitro benzene ring substituents is 1. The summed E-state index contributed by atoms with van der Waals surface area (Å²) >= 11 is 7.11. The second-order valence-corrected chi connectivity index (χ2v) is 9.10. The molecule has 0 bridgehead atoms. The number of thiocarbonyl (C=S) groups is 1. The van der Waals surface area contributed by atoms with Crippen molar-refractivity contribution in [2.75, 3.05) is 0 Å². The second kappa shape index (κ2) is 7.66. The first-order valence-electron chi connectivity index (χ1n) is 8.38. The molecule has 27 heavy (non-hydrogen) atoms. The van der Waals surface area contributed by atoms with E-state index in [1.807, 2.05) is 49.1 Å². The normalized spacial score (nSPS) is 19.3. The van der Waals surface area contributed by atoms with Crippen molar-refractivity contribution in [1.29, 1.82) is 0 Å². The van der Waals surface area contributed by atoms with Crippen LogP contribution in [-0.4, -0.2) is 41.2 Å². The summed E-state index contributed by atoms with van der Waals surface area (Å²) in [5.74, 6) is 0. The van der Waals surface area contributed by atoms with Crippen LogP contribution < -0.4 is 0 Å². The molecule has 1 saturated heterocycles. The lowest BCUT2D eigenvalue weighted by atomic mass is 10.1. The monoisotopic (exact) mass is 402 g/mol. The van der Waals surface area contributed by atoms with Gasteiger partial charge in [0.1, 0.15) is 9.07 Å². The largest absolute Gasteiger partial charge is 0.292 e. The van der Waals surface area contributed by atoms with Crippen LogP contribution >= 0.6 is 24.0 Å². The number of nitro benzene ring substituents is 1. The molecule has 8 heteroatoms. The van der Waals surface area contributed by atoms with Crippen LogP contribution in [0.4, 0.5) is 5.69 Å². The van der Waals surface area contributed by atoms with Crippen molar-refractivity contribution in [2.24, 2.45) is 0 Å². The third-order valence-corrected chi connectivity index (χ3v) is 5.96. The molecule has 3 rings (SSSR count). The molecule has 0 aromatic heterocycles. The number of hydrogen-bond acceptors (Lipinski definition) is 5. The van der Waals surface area contributed by atoms with Gasteiger partial charge in [-0.25, -0.2) is 0 Å². The van der Waals surface area contributed by atoms with Crippen molar-refractivity contribution >= 4 is 40.2 Å². The molecule has 1 atom stereocenters. The van der Waals surface area contributed by atoms with Crippen molar-refractivity contribution in [2.45, 2.75) is 31.3 Å². The van der Waals surface area contributed by atoms with Crippen LogP contribution in [0.2, 0.25) is 0 Å². The molecule has 1 N–H and O–H groups in total. The van der Waals surface area contributed by atoms with E-state index >= 15 is 0 Å². The average Bonchev–Trinajstić information content (AvgIpc) is 2.84. The van der Waals surface area contributed by atoms with Crippen LogP contribution in [0, 0.1) is 10.1 Å². The quantitative estimate of drug-likeness (QED) is 0.203. The number of hydroxylamine groups is 1. The molecule has 1 aliphatic heterocycles. The third-order valence-electron chi connectivity index (χ3n) is 4.33. The van der Waals surface area contributed by atoms with Gasteiger partial charge in [-0.3, -0.25) is 20.2 Å². The van der Waals surface area contributed by atoms with E-state index in [-0.39, 0.29) is 16.6 Å². The summed E-state index contributed by atoms with van der Waals surface area (Å²) in [6.45, 7) is 4.66. The number of hydrogen-bond donors (Lipinski definition) is 1. The van der Waals surface area contributed by atoms with Crippen LogP contribution in [0.25, 0.3) is 0 Å². The Morgan fingerprint density at radius 2 is 1.85 bits per heavy atom. The highest BCUT2D eigenvalue weighted by Crippen LogP contribution is 2.42. The van der Waals surface area contributed by atoms with Gasteiger partial charge in [0, 0.05) is 17.7 Å². The first-order chi connectivity index (χ1) is 12.8. The molecule has 0 aliphatic carbocycles. The predicted octanol–water partition coefficient (Wildman–Crippen LogP) is 4.05. The van der Waals surface area contributed by atoms with Gasteiger partial charge in [-0.05, 0) is 36.3 Å². The number of nitrogens with zero attached hydrogens (tertiary/aromatic N) is 3. The molecular formula is C19H20N3O3S2+. The fraction of sp³-hybridized carbons (Fsp3) is 0.263. The Morgan fingerprint density at radius 1 is 1.22 bits per heavy atom. The van der Waals surface area contributed by atoms with Gasteiger partial charge >= 0.3 is 0 Å². The van der Waals surface area contributed by atoms with Gasteiger partial charge in [0.25, 0.3) is 11.9 Å². The van der Waals surface area contributed by atoms with Crippen molar-refractivity contribution in [3.63, 3.8) is 0 Å². The Hall–Kier alpha value is -2.45. The van der Waals surface area contributed by atoms with Gasteiger partial charge < -0.3 is 0 Å². The highest BCUT2D eigenvalue weighted by molar-refractivity contribution is 8.24. The topological polar surface area (TPSA) is 69.6 Å². The van der Waals surface area contributed by atoms with Crippen molar-refractivity contribution in [1.82, 2.24) is 4.90 Å². The first kappa shape index (κ1) is 19.3. The van der Waals surface area contributed by atoms with E-state index in [0.29, 0.717) is 12.1 Å². The summed E-state index contributed by atoms with van der Waals surface area (Å²) in [6, 6.07) is 16.0. The Balaban J connectivity index is 1.89. The molecule has 140 valence electrons. The van der Waals surface area contributed by atoms with Gasteiger partial charge in [-0.1, -0.05) is 54.3 Å². The summed E-state index contributed by atoms with van der Waals surface area (Å²) in [4.78, 5) is 12.3. The van der Waals surface area contributed by atoms with E-state index in [4.69, 9.17) is 12.2 Å². The van der Waals surface area contributed by atoms with Gasteiger partial charge in [0.2, 0.25) is 6.21 Å². The molecule has 1 fully saturated rings. The minimum atomic E-state index is -0.447. The minimum absolute atomic E-state index is 0.0141. The molecule has 1 heterocycles. The van der Waals surface area contributed by atoms with Crippen LogP contribution in [0.5, 0.6) is 0 Å². The lowest BCUT2D eigenvalue weighted by Gasteiger charge is -2.25. The van der Waals surface area contributed by atoms with Gasteiger partial charge in [0.15, 0.2) is 0 Å². The van der Waals surface area contributed by atoms with Crippen molar-refractivity contribution < 1.29 is 14.9 Å². The fourth-order valence-electron chi connectivity index (χ4n) is 3.11. The molecule has 1 aliphatic rings. The Kier molecular flexibility index (Phi) is 5.48. The highest BCUT2D eigenvalue weighted by atomic mass is 32.2. The third kappa shape index (κ3) is 4.28. The lowest BCUT2D eigenvalue weighted by molar-refractivity contribution is -0.808. The summed E-state index contributed by atoms with van der Waals surface area (Å²) in [5.41, 5.74) is 1.79. The second-order valence-electron chi connectivity index (χ2n) is 6.82. The molecule has 0 radical (unpaired) electrons. The number of benzene rings is 2. The van der Waals surface area contributed by atoms with Gasteiger partial charge in [0.05, 0.1) is 11.5 Å². The number of rotatable bonds is 5. The van der Waals surface area contributed by atoms with E-state index in [9.17, 15) is 15.3 Å². The van der Waals surface area contributed by atoms with Crippen LogP contribution in [-0.2, 0) is 6.54 Å². The average molecular weight is 403 g/mol. The molecule has 0 spiro atoms. The SMILES string of the molecule is CC1(C)SC(=S)N(Cc2ccccc2)C1[N+](O)=Cc1ccc([N+](=O)[O-])cc1. The maximum absolute atomic E-state index is 10.8. The standard InChI is InChI=1S/C19H20N3O3S2/c1-19(2)17(20(18(26)27-19)12-14-6-4-3-5-7-14)21(23)13-15-8-10-16(11-9-15)22(24)25/h3-11,13,17,23H,12H2,1-2H3/q+1. The van der Waals surface area contributed by atoms with E-state index in [0.717, 1.165) is 14.6 Å². The summed E-state index contributed by atoms with van der Waals surface area (Å²) < 4.78 is 1.54. The van der Waals surface area contributed by atoms with Gasteiger partial charge in [-0.15, -0.1) is 0 Å². The predicted molar refractivity (Wildman–Crippen MR) is 110 cm³/mol. The van der Waals surface area contributed by atoms with Crippen LogP contribution in [0.3, 0.4) is 0 Å². The van der Waals surface area contributed by atoms with E-state index in [1.54, 1.807) is 30.1 Å². The van der Waals surface area contributed by atoms with Crippen molar-refractivity contribution in [3.05, 3.63) is 75.8 Å². The number of thioether (sulfide) groups is 1. The molecule has 0 saturated carbocycles. The molecule has 2 aromatic rings. The van der Waals surface area contributed by atoms with Crippen molar-refractivity contribution in [3.8, 4) is 0 Å². The maximum atomic E-state index is 10.8. The highest BCUT2D eigenvalue weighted by Gasteiger charge is 2.52. The summed E-state index contributed by atoms with van der Waals surface area (Å²) in [6.07, 6.45) is 1.20. The molecule has 0 amide bonds. The maximum Gasteiger partial charge on any atom is 0.292 e. The van der Waals surface area contributed by atoms with E-state index < -0.39 is 4.92 Å².